The van der Waals surface area contributed by atoms with Crippen LogP contribution in [0, 0.1) is 0 Å². The van der Waals surface area contributed by atoms with Gasteiger partial charge in [0.1, 0.15) is 0 Å². The average molecular weight is 295 g/mol. The molecule has 0 aliphatic heterocycles. The first-order chi connectivity index (χ1) is 9.48. The van der Waals surface area contributed by atoms with Gasteiger partial charge in [-0.25, -0.2) is 0 Å². The number of aliphatic hydroxyl groups is 1. The van der Waals surface area contributed by atoms with Crippen molar-refractivity contribution < 1.29 is 14.1 Å². The number of rotatable bonds is 5. The molecule has 2 rings (SSSR count). The molecule has 1 saturated carbocycles. The number of nitrogens with one attached hydrogen (secondary N) is 1. The first kappa shape index (κ1) is 15.2. The van der Waals surface area contributed by atoms with E-state index < -0.39 is 16.4 Å². The Morgan fingerprint density at radius 3 is 2.75 bits per heavy atom. The van der Waals surface area contributed by atoms with Crippen molar-refractivity contribution in [2.45, 2.75) is 37.0 Å². The van der Waals surface area contributed by atoms with Gasteiger partial charge >= 0.3 is 0 Å². The summed E-state index contributed by atoms with van der Waals surface area (Å²) in [6, 6.07) is 7.15. The van der Waals surface area contributed by atoms with Crippen molar-refractivity contribution in [3.8, 4) is 0 Å². The molecule has 1 aliphatic rings. The maximum absolute atomic E-state index is 12.1. The molecule has 1 amide bonds. The zero-order valence-electron chi connectivity index (χ0n) is 11.7. The maximum Gasteiger partial charge on any atom is 0.251 e. The normalized spacial score (nSPS) is 18.7. The molecule has 4 nitrogen and oxygen atoms in total. The van der Waals surface area contributed by atoms with Gasteiger partial charge in [0.05, 0.1) is 5.60 Å². The van der Waals surface area contributed by atoms with Crippen molar-refractivity contribution >= 4 is 16.7 Å². The van der Waals surface area contributed by atoms with Crippen LogP contribution in [-0.2, 0) is 16.6 Å². The van der Waals surface area contributed by atoms with Crippen LogP contribution in [0.1, 0.15) is 41.6 Å². The topological polar surface area (TPSA) is 66.4 Å². The molecule has 0 radical (unpaired) electrons. The van der Waals surface area contributed by atoms with Gasteiger partial charge < -0.3 is 10.4 Å². The second kappa shape index (κ2) is 6.50. The molecule has 1 aromatic rings. The van der Waals surface area contributed by atoms with E-state index in [-0.39, 0.29) is 5.91 Å². The minimum atomic E-state index is -0.922. The summed E-state index contributed by atoms with van der Waals surface area (Å²) in [5.74, 6) is 0.263. The van der Waals surface area contributed by atoms with E-state index in [2.05, 4.69) is 5.32 Å². The van der Waals surface area contributed by atoms with Crippen molar-refractivity contribution in [1.29, 1.82) is 0 Å². The van der Waals surface area contributed by atoms with Crippen LogP contribution in [0.2, 0.25) is 0 Å². The predicted molar refractivity (Wildman–Crippen MR) is 80.0 cm³/mol. The summed E-state index contributed by atoms with van der Waals surface area (Å²) in [6.07, 6.45) is 5.18. The van der Waals surface area contributed by atoms with Gasteiger partial charge in [-0.2, -0.15) is 0 Å². The summed E-state index contributed by atoms with van der Waals surface area (Å²) in [5.41, 5.74) is 0.700. The fraction of sp³-hybridized carbons (Fsp3) is 0.533. The Morgan fingerprint density at radius 1 is 1.40 bits per heavy atom. The molecule has 1 fully saturated rings. The molecule has 5 heteroatoms. The molecule has 110 valence electrons. The van der Waals surface area contributed by atoms with E-state index in [0.717, 1.165) is 31.2 Å². The Hall–Kier alpha value is -1.20. The number of hydrogen-bond acceptors (Lipinski definition) is 3. The van der Waals surface area contributed by atoms with Gasteiger partial charge in [-0.05, 0) is 30.5 Å². The molecule has 0 aromatic heterocycles. The van der Waals surface area contributed by atoms with Crippen LogP contribution in [0.15, 0.2) is 24.3 Å². The molecule has 0 bridgehead atoms. The van der Waals surface area contributed by atoms with Crippen LogP contribution in [0.3, 0.4) is 0 Å². The standard InChI is InChI=1S/C15H21NO3S/c1-20(19)10-12-5-4-6-13(9-12)14(17)16-11-15(18)7-2-3-8-15/h4-6,9,18H,2-3,7-8,10-11H2,1H3,(H,16,17). The lowest BCUT2D eigenvalue weighted by atomic mass is 10.0. The Labute approximate surface area is 122 Å². The fourth-order valence-corrected chi connectivity index (χ4v) is 3.24. The zero-order valence-corrected chi connectivity index (χ0v) is 12.5. The SMILES string of the molecule is CS(=O)Cc1cccc(C(=O)NCC2(O)CCCC2)c1. The minimum absolute atomic E-state index is 0.186. The highest BCUT2D eigenvalue weighted by Crippen LogP contribution is 2.28. The minimum Gasteiger partial charge on any atom is -0.388 e. The van der Waals surface area contributed by atoms with Crippen molar-refractivity contribution in [3.05, 3.63) is 35.4 Å². The number of amides is 1. The Kier molecular flexibility index (Phi) is 4.94. The Balaban J connectivity index is 1.96. The number of hydrogen-bond donors (Lipinski definition) is 2. The van der Waals surface area contributed by atoms with E-state index in [4.69, 9.17) is 0 Å². The van der Waals surface area contributed by atoms with Crippen molar-refractivity contribution in [3.63, 3.8) is 0 Å². The largest absolute Gasteiger partial charge is 0.388 e. The van der Waals surface area contributed by atoms with E-state index in [1.807, 2.05) is 6.07 Å². The molecular formula is C15H21NO3S. The second-order valence-corrected chi connectivity index (χ2v) is 6.97. The first-order valence-corrected chi connectivity index (χ1v) is 8.61. The molecule has 2 N–H and O–H groups in total. The van der Waals surface area contributed by atoms with Gasteiger partial charge in [-0.3, -0.25) is 9.00 Å². The van der Waals surface area contributed by atoms with Crippen LogP contribution < -0.4 is 5.32 Å². The summed E-state index contributed by atoms with van der Waals surface area (Å²) in [7, 11) is -0.922. The monoisotopic (exact) mass is 295 g/mol. The van der Waals surface area contributed by atoms with E-state index in [9.17, 15) is 14.1 Å². The van der Waals surface area contributed by atoms with E-state index in [1.165, 1.54) is 0 Å². The third-order valence-corrected chi connectivity index (χ3v) is 4.41. The summed E-state index contributed by atoms with van der Waals surface area (Å²) in [4.78, 5) is 12.1. The fourth-order valence-electron chi connectivity index (χ4n) is 2.59. The smallest absolute Gasteiger partial charge is 0.251 e. The summed E-state index contributed by atoms with van der Waals surface area (Å²) in [6.45, 7) is 0.301. The van der Waals surface area contributed by atoms with Crippen LogP contribution in [-0.4, -0.2) is 33.6 Å². The molecule has 0 heterocycles. The highest BCUT2D eigenvalue weighted by molar-refractivity contribution is 7.83. The lowest BCUT2D eigenvalue weighted by Gasteiger charge is -2.22. The predicted octanol–water partition coefficient (Wildman–Crippen LogP) is 1.60. The van der Waals surface area contributed by atoms with Crippen LogP contribution in [0.5, 0.6) is 0 Å². The molecule has 1 atom stereocenters. The Morgan fingerprint density at radius 2 is 2.10 bits per heavy atom. The molecular weight excluding hydrogens is 274 g/mol. The van der Waals surface area contributed by atoms with Crippen LogP contribution in [0.25, 0.3) is 0 Å². The van der Waals surface area contributed by atoms with Gasteiger partial charge in [-0.15, -0.1) is 0 Å². The van der Waals surface area contributed by atoms with E-state index in [0.29, 0.717) is 17.9 Å². The van der Waals surface area contributed by atoms with E-state index >= 15 is 0 Å². The third kappa shape index (κ3) is 4.15. The van der Waals surface area contributed by atoms with Crippen molar-refractivity contribution in [1.82, 2.24) is 5.32 Å². The van der Waals surface area contributed by atoms with E-state index in [1.54, 1.807) is 24.5 Å². The van der Waals surface area contributed by atoms with Gasteiger partial charge in [0.15, 0.2) is 0 Å². The second-order valence-electron chi connectivity index (χ2n) is 5.53. The molecule has 20 heavy (non-hydrogen) atoms. The van der Waals surface area contributed by atoms with Crippen LogP contribution in [0.4, 0.5) is 0 Å². The average Bonchev–Trinajstić information content (AvgIpc) is 2.83. The van der Waals surface area contributed by atoms with Gasteiger partial charge in [0.25, 0.3) is 5.91 Å². The lowest BCUT2D eigenvalue weighted by molar-refractivity contribution is 0.0449. The lowest BCUT2D eigenvalue weighted by Crippen LogP contribution is -2.40. The molecule has 1 aromatic carbocycles. The van der Waals surface area contributed by atoms with Crippen LogP contribution >= 0.6 is 0 Å². The Bertz CT molecular complexity index is 510. The first-order valence-electron chi connectivity index (χ1n) is 6.88. The highest BCUT2D eigenvalue weighted by atomic mass is 32.2. The maximum atomic E-state index is 12.1. The zero-order chi connectivity index (χ0) is 14.6. The third-order valence-electron chi connectivity index (χ3n) is 3.67. The van der Waals surface area contributed by atoms with Gasteiger partial charge in [0.2, 0.25) is 0 Å². The van der Waals surface area contributed by atoms with Crippen molar-refractivity contribution in [2.24, 2.45) is 0 Å². The molecule has 1 aliphatic carbocycles. The summed E-state index contributed by atoms with van der Waals surface area (Å²) >= 11 is 0. The molecule has 0 saturated heterocycles. The highest BCUT2D eigenvalue weighted by Gasteiger charge is 2.31. The van der Waals surface area contributed by atoms with Gasteiger partial charge in [-0.1, -0.05) is 25.0 Å². The molecule has 0 spiro atoms. The number of carbonyl (C=O) groups excluding carboxylic acids is 1. The molecule has 1 unspecified atom stereocenters. The van der Waals surface area contributed by atoms with Crippen molar-refractivity contribution in [2.75, 3.05) is 12.8 Å². The quantitative estimate of drug-likeness (QED) is 0.867. The number of benzene rings is 1. The number of carbonyl (C=O) groups is 1. The van der Waals surface area contributed by atoms with Gasteiger partial charge in [0, 0.05) is 34.9 Å². The summed E-state index contributed by atoms with van der Waals surface area (Å²) in [5, 5.41) is 13.0. The summed E-state index contributed by atoms with van der Waals surface area (Å²) < 4.78 is 11.2.